The molecule has 0 saturated carbocycles. The number of fused-ring (bicyclic) bond motifs is 4. The third-order valence-electron chi connectivity index (χ3n) is 20.3. The fourth-order valence-corrected chi connectivity index (χ4v) is 15.7. The van der Waals surface area contributed by atoms with Crippen LogP contribution in [0.15, 0.2) is 218 Å². The molecule has 0 spiro atoms. The van der Waals surface area contributed by atoms with Crippen LogP contribution in [0.1, 0.15) is 135 Å². The summed E-state index contributed by atoms with van der Waals surface area (Å²) in [7, 11) is -10.4. The molecule has 107 heavy (non-hydrogen) atoms. The van der Waals surface area contributed by atoms with Gasteiger partial charge in [-0.15, -0.1) is 5.23 Å². The maximum Gasteiger partial charge on any atom is 0.488 e. The largest absolute Gasteiger partial charge is 0.748 e. The molecule has 0 radical (unpaired) electrons. The molecule has 8 aromatic rings. The number of allylic oxidation sites excluding steroid dienone is 7. The lowest BCUT2D eigenvalue weighted by atomic mass is 9.77. The minimum Gasteiger partial charge on any atom is -0.748 e. The molecule has 2 aliphatic heterocycles. The molecule has 0 aliphatic carbocycles. The van der Waals surface area contributed by atoms with Crippen molar-refractivity contribution in [3.8, 4) is 0 Å². The highest BCUT2D eigenvalue weighted by atomic mass is 32.2. The maximum absolute atomic E-state index is 15.0. The van der Waals surface area contributed by atoms with Crippen molar-refractivity contribution in [2.45, 2.75) is 124 Å². The van der Waals surface area contributed by atoms with Crippen LogP contribution >= 0.6 is 0 Å². The van der Waals surface area contributed by atoms with Crippen LogP contribution in [0.25, 0.3) is 27.1 Å². The quantitative estimate of drug-likeness (QED) is 0.00281. The number of hydrogen-bond acceptors (Lipinski definition) is 16. The van der Waals surface area contributed by atoms with Gasteiger partial charge in [0.2, 0.25) is 11.6 Å². The molecule has 2 aliphatic rings. The Morgan fingerprint density at radius 3 is 1.90 bits per heavy atom. The average Bonchev–Trinajstić information content (AvgIpc) is 1.74. The van der Waals surface area contributed by atoms with Crippen LogP contribution in [-0.2, 0) is 73.4 Å². The third-order valence-corrected chi connectivity index (χ3v) is 21.9. The standard InChI is InChI=1S/C84H96BN7O13S2/c1-58(2)78(93)34-19-20-46-88(55-65-25-10-16-31-75(65)92(98)99)57-71-67-27-12-11-26-66(67)70(56-89(47-21-45-86-81(94)59(3)4)54-64-24-9-15-30-74(64)85(96)97)68-42-39-63(52-69(68)71)82(95)87-53-60-35-37-61(38-36-60)62(40-43-79-83(5,6)72-28-13-17-32-76(72)90(79)48-22-50-106(100,101)102)41-44-80-84(7,8)73-29-14-18-33-77(73)91(80)49-23-51-107(103,104)105/h9-18,24-33,35-44,52,96-99H,1,3,19-23,34,45-51,53-57H2,2,4-8H3,(H3-,86,87,94,95,100,101,102,103,104,105). The third kappa shape index (κ3) is 20.0. The number of nitrogens with one attached hydrogen (secondary N) is 2. The summed E-state index contributed by atoms with van der Waals surface area (Å²) >= 11 is 0. The summed E-state index contributed by atoms with van der Waals surface area (Å²) in [5.74, 6) is -1.56. The Balaban J connectivity index is 1.03. The fraction of sp³-hybridized carbons (Fsp3) is 0.310. The lowest BCUT2D eigenvalue weighted by Crippen LogP contribution is -2.36. The zero-order chi connectivity index (χ0) is 77.0. The van der Waals surface area contributed by atoms with Crippen molar-refractivity contribution >= 4 is 100 Å². The molecule has 0 saturated heterocycles. The van der Waals surface area contributed by atoms with Gasteiger partial charge in [-0.05, 0) is 173 Å². The number of benzene rings is 8. The molecule has 0 fully saturated rings. The van der Waals surface area contributed by atoms with Crippen molar-refractivity contribution in [1.82, 2.24) is 20.4 Å². The molecule has 0 bridgehead atoms. The number of para-hydroxylation sites is 3. The highest BCUT2D eigenvalue weighted by Gasteiger charge is 2.44. The molecule has 0 atom stereocenters. The molecule has 8 aromatic carbocycles. The van der Waals surface area contributed by atoms with Gasteiger partial charge in [-0.2, -0.15) is 13.0 Å². The van der Waals surface area contributed by atoms with E-state index in [-0.39, 0.29) is 61.0 Å². The normalized spacial score (nSPS) is 14.5. The van der Waals surface area contributed by atoms with Gasteiger partial charge in [-0.1, -0.05) is 167 Å². The Hall–Kier alpha value is -9.50. The predicted molar refractivity (Wildman–Crippen MR) is 424 cm³/mol. The van der Waals surface area contributed by atoms with E-state index in [0.717, 1.165) is 83.3 Å². The summed E-state index contributed by atoms with van der Waals surface area (Å²) in [5.41, 5.74) is 12.0. The van der Waals surface area contributed by atoms with Crippen molar-refractivity contribution in [3.05, 3.63) is 268 Å². The second-order valence-corrected chi connectivity index (χ2v) is 31.9. The minimum absolute atomic E-state index is 0.0206. The fourth-order valence-electron chi connectivity index (χ4n) is 14.7. The van der Waals surface area contributed by atoms with Gasteiger partial charge in [0.15, 0.2) is 11.5 Å². The number of rotatable bonds is 36. The van der Waals surface area contributed by atoms with Crippen LogP contribution in [-0.4, -0.2) is 135 Å². The van der Waals surface area contributed by atoms with E-state index < -0.39 is 49.7 Å². The maximum atomic E-state index is 15.0. The molecular formula is C84H96BN7O13S2. The topological polar surface area (TPSA) is 284 Å². The van der Waals surface area contributed by atoms with E-state index in [4.69, 9.17) is 0 Å². The highest BCUT2D eigenvalue weighted by molar-refractivity contribution is 7.85. The van der Waals surface area contributed by atoms with Gasteiger partial charge in [-0.25, -0.2) is 8.42 Å². The Morgan fingerprint density at radius 2 is 1.23 bits per heavy atom. The summed E-state index contributed by atoms with van der Waals surface area (Å²) in [6.45, 7) is 22.8. The molecule has 560 valence electrons. The number of anilines is 2. The lowest BCUT2D eigenvalue weighted by Gasteiger charge is -2.28. The number of ketones is 1. The van der Waals surface area contributed by atoms with E-state index in [1.165, 1.54) is 0 Å². The molecule has 20 nitrogen and oxygen atoms in total. The molecule has 2 amide bonds. The Bertz CT molecular complexity index is 5030. The summed E-state index contributed by atoms with van der Waals surface area (Å²) in [6, 6.07) is 51.7. The summed E-state index contributed by atoms with van der Waals surface area (Å²) in [5, 5.41) is 51.8. The van der Waals surface area contributed by atoms with Crippen LogP contribution in [0.5, 0.6) is 0 Å². The summed E-state index contributed by atoms with van der Waals surface area (Å²) in [6.07, 6.45) is 10.4. The second kappa shape index (κ2) is 35.0. The molecule has 10 rings (SSSR count). The Morgan fingerprint density at radius 1 is 0.636 bits per heavy atom. The number of carbonyl (C=O) groups excluding carboxylic acids is 3. The van der Waals surface area contributed by atoms with Crippen LogP contribution in [0.3, 0.4) is 0 Å². The van der Waals surface area contributed by atoms with Crippen LogP contribution < -0.4 is 26.2 Å². The molecular weight excluding hydrogens is 1390 g/mol. The van der Waals surface area contributed by atoms with E-state index in [2.05, 4.69) is 95.0 Å². The van der Waals surface area contributed by atoms with Crippen LogP contribution in [0.4, 0.5) is 17.1 Å². The Kier molecular flexibility index (Phi) is 26.2. The van der Waals surface area contributed by atoms with E-state index in [1.54, 1.807) is 38.1 Å². The lowest BCUT2D eigenvalue weighted by molar-refractivity contribution is -0.437. The summed E-state index contributed by atoms with van der Waals surface area (Å²) < 4.78 is 71.6. The van der Waals surface area contributed by atoms with E-state index >= 15 is 4.79 Å². The van der Waals surface area contributed by atoms with Gasteiger partial charge in [0.1, 0.15) is 6.54 Å². The first-order valence-electron chi connectivity index (χ1n) is 36.1. The van der Waals surface area contributed by atoms with E-state index in [0.29, 0.717) is 105 Å². The minimum atomic E-state index is -4.48. The molecule has 2 heterocycles. The first kappa shape index (κ1) is 80.1. The predicted octanol–water partition coefficient (Wildman–Crippen LogP) is 12.5. The SMILES string of the molecule is C=C(C)C(=O)CCCCN(Cc1ccccc1N(O)O)Cc1c2ccccc2c(CN(CCCNC(=O)C(=C)C)Cc2ccccc2B(O)O)c2ccc(C(=O)NCc3ccc(C(=C\C=C4/N(CCCS(=O)(=O)O)c5ccccc5C4(C)C)/C=C/C4=[N+](CCCS(=O)(=O)[O-])c5ccccc5C4(C)C)cc3)cc12. The van der Waals surface area contributed by atoms with Gasteiger partial charge in [-0.3, -0.25) is 39.2 Å². The van der Waals surface area contributed by atoms with Crippen molar-refractivity contribution < 1.29 is 65.4 Å². The molecule has 7 N–H and O–H groups in total. The number of Topliss-reactive ketones (excluding diaryl/α,β-unsaturated/α-hetero) is 1. The second-order valence-electron chi connectivity index (χ2n) is 28.8. The number of hydrogen-bond donors (Lipinski definition) is 7. The van der Waals surface area contributed by atoms with Gasteiger partial charge in [0.05, 0.1) is 27.0 Å². The average molecular weight is 1490 g/mol. The van der Waals surface area contributed by atoms with Crippen molar-refractivity contribution in [1.29, 1.82) is 0 Å². The first-order chi connectivity index (χ1) is 50.9. The van der Waals surface area contributed by atoms with Crippen molar-refractivity contribution in [2.75, 3.05) is 54.4 Å². The summed E-state index contributed by atoms with van der Waals surface area (Å²) in [4.78, 5) is 47.0. The Labute approximate surface area is 628 Å². The van der Waals surface area contributed by atoms with Gasteiger partial charge in [0, 0.05) is 117 Å². The van der Waals surface area contributed by atoms with Crippen LogP contribution in [0.2, 0.25) is 0 Å². The van der Waals surface area contributed by atoms with Crippen molar-refractivity contribution in [3.63, 3.8) is 0 Å². The monoisotopic (exact) mass is 1490 g/mol. The van der Waals surface area contributed by atoms with E-state index in [9.17, 15) is 56.0 Å². The number of unbranched alkanes of at least 4 members (excludes halogenated alkanes) is 1. The van der Waals surface area contributed by atoms with Gasteiger partial charge in [0.25, 0.3) is 16.0 Å². The molecule has 0 unspecified atom stereocenters. The van der Waals surface area contributed by atoms with E-state index in [1.807, 2.05) is 140 Å². The first-order valence-corrected chi connectivity index (χ1v) is 39.3. The number of nitrogens with zero attached hydrogens (tertiary/aromatic N) is 5. The van der Waals surface area contributed by atoms with Gasteiger partial charge >= 0.3 is 7.12 Å². The number of carbonyl (C=O) groups is 3. The smallest absolute Gasteiger partial charge is 0.488 e. The number of amides is 2. The molecule has 23 heteroatoms. The highest BCUT2D eigenvalue weighted by Crippen LogP contribution is 2.48. The van der Waals surface area contributed by atoms with Crippen molar-refractivity contribution in [2.24, 2.45) is 0 Å². The zero-order valence-electron chi connectivity index (χ0n) is 61.7. The van der Waals surface area contributed by atoms with Gasteiger partial charge < -0.3 is 30.1 Å². The van der Waals surface area contributed by atoms with Crippen LogP contribution in [0, 0.1) is 0 Å². The molecule has 0 aromatic heterocycles. The zero-order valence-corrected chi connectivity index (χ0v) is 63.3.